The molecular formula is C21H29ClN2O3. The highest BCUT2D eigenvalue weighted by Crippen LogP contribution is 2.38. The third kappa shape index (κ3) is 5.88. The summed E-state index contributed by atoms with van der Waals surface area (Å²) in [6.45, 7) is 6.41. The first-order chi connectivity index (χ1) is 13.1. The van der Waals surface area contributed by atoms with Gasteiger partial charge in [0.2, 0.25) is 5.91 Å². The van der Waals surface area contributed by atoms with E-state index in [9.17, 15) is 4.79 Å². The summed E-state index contributed by atoms with van der Waals surface area (Å²) in [4.78, 5) is 14.6. The molecule has 1 fully saturated rings. The lowest BCUT2D eigenvalue weighted by molar-refractivity contribution is -0.116. The van der Waals surface area contributed by atoms with Crippen molar-refractivity contribution in [2.24, 2.45) is 0 Å². The Labute approximate surface area is 166 Å². The van der Waals surface area contributed by atoms with Gasteiger partial charge in [0, 0.05) is 31.6 Å². The van der Waals surface area contributed by atoms with Crippen molar-refractivity contribution in [3.8, 4) is 11.5 Å². The molecule has 2 aliphatic rings. The lowest BCUT2D eigenvalue weighted by atomic mass is 10.0. The van der Waals surface area contributed by atoms with E-state index in [2.05, 4.69) is 17.1 Å². The van der Waals surface area contributed by atoms with Crippen molar-refractivity contribution in [2.45, 2.75) is 45.1 Å². The molecule has 1 atom stereocenters. The van der Waals surface area contributed by atoms with Crippen LogP contribution in [0.2, 0.25) is 5.02 Å². The molecule has 0 saturated carbocycles. The number of nitrogens with zero attached hydrogens (tertiary/aromatic N) is 1. The van der Waals surface area contributed by atoms with Crippen LogP contribution in [-0.2, 0) is 4.79 Å². The molecular weight excluding hydrogens is 364 g/mol. The quantitative estimate of drug-likeness (QED) is 0.589. The number of carbonyl (C=O) groups is 1. The van der Waals surface area contributed by atoms with Gasteiger partial charge in [-0.3, -0.25) is 4.79 Å². The highest BCUT2D eigenvalue weighted by atomic mass is 35.5. The van der Waals surface area contributed by atoms with E-state index in [1.807, 2.05) is 6.07 Å². The molecule has 27 heavy (non-hydrogen) atoms. The Morgan fingerprint density at radius 2 is 2.15 bits per heavy atom. The summed E-state index contributed by atoms with van der Waals surface area (Å²) in [5.41, 5.74) is 0.821. The van der Waals surface area contributed by atoms with Crippen LogP contribution in [0, 0.1) is 0 Å². The molecule has 0 bridgehead atoms. The van der Waals surface area contributed by atoms with Gasteiger partial charge in [-0.1, -0.05) is 18.0 Å². The Morgan fingerprint density at radius 3 is 3.00 bits per heavy atom. The molecule has 0 unspecified atom stereocenters. The van der Waals surface area contributed by atoms with Crippen molar-refractivity contribution in [2.75, 3.05) is 32.8 Å². The van der Waals surface area contributed by atoms with E-state index in [4.69, 9.17) is 21.1 Å². The Bertz CT molecular complexity index is 678. The summed E-state index contributed by atoms with van der Waals surface area (Å²) in [7, 11) is 0. The molecule has 5 nitrogen and oxygen atoms in total. The van der Waals surface area contributed by atoms with Crippen LogP contribution in [0.3, 0.4) is 0 Å². The van der Waals surface area contributed by atoms with Crippen molar-refractivity contribution in [1.82, 2.24) is 10.2 Å². The number of benzene rings is 1. The molecule has 0 aromatic heterocycles. The van der Waals surface area contributed by atoms with Crippen molar-refractivity contribution in [1.29, 1.82) is 0 Å². The molecule has 6 heteroatoms. The highest BCUT2D eigenvalue weighted by Gasteiger charge is 2.17. The van der Waals surface area contributed by atoms with Gasteiger partial charge in [0.05, 0.1) is 18.2 Å². The van der Waals surface area contributed by atoms with Gasteiger partial charge in [-0.2, -0.15) is 0 Å². The number of hydrogen-bond acceptors (Lipinski definition) is 4. The molecule has 1 saturated heterocycles. The zero-order valence-corrected chi connectivity index (χ0v) is 16.8. The van der Waals surface area contributed by atoms with E-state index >= 15 is 0 Å². The van der Waals surface area contributed by atoms with Crippen LogP contribution in [0.25, 0.3) is 6.08 Å². The Balaban J connectivity index is 1.45. The lowest BCUT2D eigenvalue weighted by Crippen LogP contribution is -2.39. The van der Waals surface area contributed by atoms with Crippen LogP contribution < -0.4 is 14.8 Å². The van der Waals surface area contributed by atoms with Crippen LogP contribution in [0.15, 0.2) is 18.2 Å². The molecule has 0 aliphatic carbocycles. The Kier molecular flexibility index (Phi) is 7.41. The zero-order chi connectivity index (χ0) is 19.1. The second-order valence-corrected chi connectivity index (χ2v) is 7.65. The van der Waals surface area contributed by atoms with Gasteiger partial charge in [-0.05, 0) is 56.5 Å². The van der Waals surface area contributed by atoms with Crippen molar-refractivity contribution >= 4 is 23.6 Å². The van der Waals surface area contributed by atoms with Gasteiger partial charge < -0.3 is 19.7 Å². The fourth-order valence-corrected chi connectivity index (χ4v) is 3.83. The predicted molar refractivity (Wildman–Crippen MR) is 109 cm³/mol. The molecule has 1 N–H and O–H groups in total. The van der Waals surface area contributed by atoms with Gasteiger partial charge in [0.1, 0.15) is 0 Å². The van der Waals surface area contributed by atoms with Crippen LogP contribution in [0.5, 0.6) is 11.5 Å². The van der Waals surface area contributed by atoms with Gasteiger partial charge in [0.15, 0.2) is 11.5 Å². The van der Waals surface area contributed by atoms with Crippen molar-refractivity contribution in [3.05, 3.63) is 28.8 Å². The molecule has 2 heterocycles. The molecule has 0 spiro atoms. The summed E-state index contributed by atoms with van der Waals surface area (Å²) < 4.78 is 11.3. The Hall–Kier alpha value is -1.72. The number of fused-ring (bicyclic) bond motifs is 1. The SMILES string of the molecule is C[C@@H]1CCCCN1CCCNC(=O)/C=C/c1cc(Cl)c2c(c1)OCCCO2. The van der Waals surface area contributed by atoms with E-state index in [0.717, 1.165) is 24.9 Å². The number of amides is 1. The largest absolute Gasteiger partial charge is 0.489 e. The number of nitrogens with one attached hydrogen (secondary N) is 1. The number of rotatable bonds is 6. The standard InChI is InChI=1S/C21H29ClN2O3/c1-16-6-2-3-10-24(16)11-4-9-23-20(25)8-7-17-14-18(22)21-19(15-17)26-12-5-13-27-21/h7-8,14-16H,2-6,9-13H2,1H3,(H,23,25)/b8-7+/t16-/m1/s1. The van der Waals surface area contributed by atoms with Crippen LogP contribution >= 0.6 is 11.6 Å². The summed E-state index contributed by atoms with van der Waals surface area (Å²) >= 11 is 6.28. The van der Waals surface area contributed by atoms with Gasteiger partial charge >= 0.3 is 0 Å². The minimum Gasteiger partial charge on any atom is -0.489 e. The second kappa shape index (κ2) is 10.00. The number of ether oxygens (including phenoxy) is 2. The molecule has 148 valence electrons. The fourth-order valence-electron chi connectivity index (χ4n) is 3.56. The van der Waals surface area contributed by atoms with Gasteiger partial charge in [-0.15, -0.1) is 0 Å². The third-order valence-electron chi connectivity index (χ3n) is 5.11. The summed E-state index contributed by atoms with van der Waals surface area (Å²) in [6.07, 6.45) is 9.00. The van der Waals surface area contributed by atoms with Crippen LogP contribution in [-0.4, -0.2) is 49.7 Å². The van der Waals surface area contributed by atoms with Gasteiger partial charge in [0.25, 0.3) is 0 Å². The minimum absolute atomic E-state index is 0.0927. The summed E-state index contributed by atoms with van der Waals surface area (Å²) in [6, 6.07) is 4.31. The molecule has 0 radical (unpaired) electrons. The predicted octanol–water partition coefficient (Wildman–Crippen LogP) is 3.90. The van der Waals surface area contributed by atoms with Crippen molar-refractivity contribution in [3.63, 3.8) is 0 Å². The molecule has 2 aliphatic heterocycles. The van der Waals surface area contributed by atoms with E-state index in [-0.39, 0.29) is 5.91 Å². The van der Waals surface area contributed by atoms with Crippen molar-refractivity contribution < 1.29 is 14.3 Å². The van der Waals surface area contributed by atoms with E-state index in [0.29, 0.717) is 42.3 Å². The van der Waals surface area contributed by atoms with E-state index in [1.54, 1.807) is 18.2 Å². The number of hydrogen-bond donors (Lipinski definition) is 1. The van der Waals surface area contributed by atoms with E-state index in [1.165, 1.54) is 25.8 Å². The van der Waals surface area contributed by atoms with Crippen LogP contribution in [0.4, 0.5) is 0 Å². The molecule has 3 rings (SSSR count). The average molecular weight is 393 g/mol. The number of halogens is 1. The first-order valence-corrected chi connectivity index (χ1v) is 10.3. The number of carbonyl (C=O) groups excluding carboxylic acids is 1. The molecule has 1 amide bonds. The monoisotopic (exact) mass is 392 g/mol. The molecule has 1 aromatic rings. The molecule has 1 aromatic carbocycles. The van der Waals surface area contributed by atoms with Gasteiger partial charge in [-0.25, -0.2) is 0 Å². The first kappa shape index (κ1) is 20.0. The first-order valence-electron chi connectivity index (χ1n) is 9.92. The maximum absolute atomic E-state index is 12.1. The minimum atomic E-state index is -0.0927. The maximum atomic E-state index is 12.1. The van der Waals surface area contributed by atoms with E-state index < -0.39 is 0 Å². The lowest BCUT2D eigenvalue weighted by Gasteiger charge is -2.33. The summed E-state index contributed by atoms with van der Waals surface area (Å²) in [5, 5.41) is 3.46. The topological polar surface area (TPSA) is 50.8 Å². The maximum Gasteiger partial charge on any atom is 0.243 e. The number of likely N-dealkylation sites (tertiary alicyclic amines) is 1. The smallest absolute Gasteiger partial charge is 0.243 e. The Morgan fingerprint density at radius 1 is 1.30 bits per heavy atom. The highest BCUT2D eigenvalue weighted by molar-refractivity contribution is 6.32. The normalized spacial score (nSPS) is 20.4. The zero-order valence-electron chi connectivity index (χ0n) is 16.0. The number of piperidine rings is 1. The third-order valence-corrected chi connectivity index (χ3v) is 5.39. The second-order valence-electron chi connectivity index (χ2n) is 7.24. The van der Waals surface area contributed by atoms with Crippen LogP contribution in [0.1, 0.15) is 44.6 Å². The average Bonchev–Trinajstić information content (AvgIpc) is 2.91. The summed E-state index contributed by atoms with van der Waals surface area (Å²) in [5.74, 6) is 1.13. The fraction of sp³-hybridized carbons (Fsp3) is 0.571.